The summed E-state index contributed by atoms with van der Waals surface area (Å²) in [5.41, 5.74) is 0.290. The van der Waals surface area contributed by atoms with Crippen LogP contribution in [0.4, 0.5) is 0 Å². The number of nitrogens with one attached hydrogen (secondary N) is 1. The van der Waals surface area contributed by atoms with Gasteiger partial charge in [0.25, 0.3) is 0 Å². The molecule has 0 aromatic carbocycles. The van der Waals surface area contributed by atoms with Gasteiger partial charge in [-0.1, -0.05) is 0 Å². The largest absolute Gasteiger partial charge is 0.478 e. The molecular formula is C11H12BrNO3S. The van der Waals surface area contributed by atoms with E-state index in [-0.39, 0.29) is 17.1 Å². The topological polar surface area (TPSA) is 66.4 Å². The van der Waals surface area contributed by atoms with Crippen molar-refractivity contribution >= 4 is 39.1 Å². The van der Waals surface area contributed by atoms with Crippen molar-refractivity contribution in [3.8, 4) is 0 Å². The minimum absolute atomic E-state index is 0.0627. The highest BCUT2D eigenvalue weighted by Crippen LogP contribution is 2.22. The van der Waals surface area contributed by atoms with Gasteiger partial charge in [-0.15, -0.1) is 11.3 Å². The van der Waals surface area contributed by atoms with Gasteiger partial charge < -0.3 is 10.4 Å². The Labute approximate surface area is 111 Å². The van der Waals surface area contributed by atoms with Gasteiger partial charge in [0.1, 0.15) is 0 Å². The van der Waals surface area contributed by atoms with Gasteiger partial charge in [-0.2, -0.15) is 0 Å². The molecule has 1 aromatic heterocycles. The van der Waals surface area contributed by atoms with E-state index in [4.69, 9.17) is 5.11 Å². The number of halogens is 1. The van der Waals surface area contributed by atoms with E-state index in [2.05, 4.69) is 21.2 Å². The van der Waals surface area contributed by atoms with Crippen LogP contribution in [0.3, 0.4) is 0 Å². The first-order valence-corrected chi connectivity index (χ1v) is 6.51. The van der Waals surface area contributed by atoms with Gasteiger partial charge in [0.2, 0.25) is 5.91 Å². The van der Waals surface area contributed by atoms with Gasteiger partial charge in [0.15, 0.2) is 0 Å². The van der Waals surface area contributed by atoms with E-state index in [9.17, 15) is 9.59 Å². The Hall–Kier alpha value is -1.14. The number of carbonyl (C=O) groups is 2. The monoisotopic (exact) mass is 317 g/mol. The second-order valence-corrected chi connectivity index (χ2v) is 5.28. The van der Waals surface area contributed by atoms with Crippen molar-refractivity contribution in [2.75, 3.05) is 0 Å². The Morgan fingerprint density at radius 2 is 2.06 bits per heavy atom. The summed E-state index contributed by atoms with van der Waals surface area (Å²) in [6, 6.07) is 1.90. The summed E-state index contributed by atoms with van der Waals surface area (Å²) in [5, 5.41) is 13.3. The second-order valence-electron chi connectivity index (χ2n) is 3.43. The lowest BCUT2D eigenvalue weighted by molar-refractivity contribution is -0.133. The van der Waals surface area contributed by atoms with E-state index in [0.717, 1.165) is 9.35 Å². The fourth-order valence-corrected chi connectivity index (χ4v) is 2.51. The summed E-state index contributed by atoms with van der Waals surface area (Å²) in [4.78, 5) is 23.3. The predicted octanol–water partition coefficient (Wildman–Crippen LogP) is 2.55. The van der Waals surface area contributed by atoms with Crippen molar-refractivity contribution in [1.82, 2.24) is 5.32 Å². The van der Waals surface area contributed by atoms with Crippen molar-refractivity contribution < 1.29 is 14.7 Å². The smallest absolute Gasteiger partial charge is 0.331 e. The fraction of sp³-hybridized carbons (Fsp3) is 0.273. The Balaban J connectivity index is 2.65. The highest BCUT2D eigenvalue weighted by molar-refractivity contribution is 9.10. The maximum absolute atomic E-state index is 11.7. The number of carboxylic acids is 1. The molecule has 1 amide bonds. The Bertz CT molecular complexity index is 479. The van der Waals surface area contributed by atoms with E-state index >= 15 is 0 Å². The zero-order valence-electron chi connectivity index (χ0n) is 9.41. The van der Waals surface area contributed by atoms with Crippen molar-refractivity contribution in [2.45, 2.75) is 20.4 Å². The molecule has 1 rings (SSSR count). The lowest BCUT2D eigenvalue weighted by Gasteiger charge is -2.06. The number of aliphatic carboxylic acids is 1. The summed E-state index contributed by atoms with van der Waals surface area (Å²) >= 11 is 4.88. The number of hydrogen-bond donors (Lipinski definition) is 2. The third-order valence-electron chi connectivity index (χ3n) is 2.32. The van der Waals surface area contributed by atoms with Crippen LogP contribution in [0.5, 0.6) is 0 Å². The maximum Gasteiger partial charge on any atom is 0.331 e. The zero-order chi connectivity index (χ0) is 13.0. The molecule has 17 heavy (non-hydrogen) atoms. The maximum atomic E-state index is 11.7. The van der Waals surface area contributed by atoms with E-state index < -0.39 is 5.97 Å². The lowest BCUT2D eigenvalue weighted by atomic mass is 10.1. The van der Waals surface area contributed by atoms with Crippen molar-refractivity contribution in [3.63, 3.8) is 0 Å². The Morgan fingerprint density at radius 3 is 2.53 bits per heavy atom. The normalized spacial score (nSPS) is 11.9. The number of thiophene rings is 1. The molecule has 0 radical (unpaired) electrons. The molecule has 0 spiro atoms. The van der Waals surface area contributed by atoms with Crippen molar-refractivity contribution in [3.05, 3.63) is 31.9 Å². The molecule has 0 saturated heterocycles. The van der Waals surface area contributed by atoms with Crippen LogP contribution < -0.4 is 5.32 Å². The van der Waals surface area contributed by atoms with E-state index in [1.165, 1.54) is 25.2 Å². The summed E-state index contributed by atoms with van der Waals surface area (Å²) in [5.74, 6) is -1.43. The summed E-state index contributed by atoms with van der Waals surface area (Å²) in [7, 11) is 0. The van der Waals surface area contributed by atoms with Crippen molar-refractivity contribution in [2.24, 2.45) is 0 Å². The number of rotatable bonds is 4. The first kappa shape index (κ1) is 13.9. The molecule has 0 unspecified atom stereocenters. The van der Waals surface area contributed by atoms with E-state index in [0.29, 0.717) is 6.54 Å². The molecule has 0 aliphatic rings. The first-order valence-electron chi connectivity index (χ1n) is 4.84. The van der Waals surface area contributed by atoms with Crippen LogP contribution in [0.2, 0.25) is 0 Å². The van der Waals surface area contributed by atoms with Crippen LogP contribution in [0.25, 0.3) is 0 Å². The van der Waals surface area contributed by atoms with Gasteiger partial charge in [-0.25, -0.2) is 4.79 Å². The molecule has 0 aliphatic heterocycles. The molecular weight excluding hydrogens is 306 g/mol. The van der Waals surface area contributed by atoms with Gasteiger partial charge in [0, 0.05) is 20.5 Å². The first-order chi connectivity index (χ1) is 7.93. The molecule has 0 saturated carbocycles. The van der Waals surface area contributed by atoms with Crippen LogP contribution in [0.1, 0.15) is 18.7 Å². The third-order valence-corrected chi connectivity index (χ3v) is 4.25. The molecule has 0 bridgehead atoms. The third kappa shape index (κ3) is 3.67. The minimum atomic E-state index is -1.07. The van der Waals surface area contributed by atoms with Crippen LogP contribution in [-0.2, 0) is 16.1 Å². The lowest BCUT2D eigenvalue weighted by Crippen LogP contribution is -2.24. The van der Waals surface area contributed by atoms with Gasteiger partial charge in [0.05, 0.1) is 6.54 Å². The molecule has 2 N–H and O–H groups in total. The summed E-state index contributed by atoms with van der Waals surface area (Å²) < 4.78 is 0.944. The summed E-state index contributed by atoms with van der Waals surface area (Å²) in [6.45, 7) is 3.31. The SMILES string of the molecule is CC(C(=O)O)=C(C)C(=O)NCc1sccc1Br. The van der Waals surface area contributed by atoms with Crippen LogP contribution >= 0.6 is 27.3 Å². The molecule has 92 valence electrons. The minimum Gasteiger partial charge on any atom is -0.478 e. The Kier molecular flexibility index (Phi) is 4.89. The number of carbonyl (C=O) groups excluding carboxylic acids is 1. The van der Waals surface area contributed by atoms with Gasteiger partial charge >= 0.3 is 5.97 Å². The molecule has 0 fully saturated rings. The summed E-state index contributed by atoms with van der Waals surface area (Å²) in [6.07, 6.45) is 0. The Morgan fingerprint density at radius 1 is 1.41 bits per heavy atom. The van der Waals surface area contributed by atoms with Crippen LogP contribution in [-0.4, -0.2) is 17.0 Å². The average molecular weight is 318 g/mol. The van der Waals surface area contributed by atoms with Crippen LogP contribution in [0, 0.1) is 0 Å². The quantitative estimate of drug-likeness (QED) is 0.839. The number of amides is 1. The molecule has 6 heteroatoms. The molecule has 4 nitrogen and oxygen atoms in total. The molecule has 0 atom stereocenters. The highest BCUT2D eigenvalue weighted by atomic mass is 79.9. The number of hydrogen-bond acceptors (Lipinski definition) is 3. The molecule has 1 heterocycles. The second kappa shape index (κ2) is 5.97. The average Bonchev–Trinajstić information content (AvgIpc) is 2.69. The molecule has 0 aliphatic carbocycles. The van der Waals surface area contributed by atoms with E-state index in [1.807, 2.05) is 11.4 Å². The van der Waals surface area contributed by atoms with E-state index in [1.54, 1.807) is 0 Å². The molecule has 1 aromatic rings. The van der Waals surface area contributed by atoms with Crippen molar-refractivity contribution in [1.29, 1.82) is 0 Å². The van der Waals surface area contributed by atoms with Crippen LogP contribution in [0.15, 0.2) is 27.1 Å². The zero-order valence-corrected chi connectivity index (χ0v) is 11.8. The van der Waals surface area contributed by atoms with Gasteiger partial charge in [-0.3, -0.25) is 4.79 Å². The fourth-order valence-electron chi connectivity index (χ4n) is 1.08. The standard InChI is InChI=1S/C11H12BrNO3S/c1-6(7(2)11(15)16)10(14)13-5-9-8(12)3-4-17-9/h3-4H,5H2,1-2H3,(H,13,14)(H,15,16). The van der Waals surface area contributed by atoms with Gasteiger partial charge in [-0.05, 0) is 41.2 Å². The highest BCUT2D eigenvalue weighted by Gasteiger charge is 2.12. The predicted molar refractivity (Wildman–Crippen MR) is 69.9 cm³/mol. The number of carboxylic acid groups (broad SMARTS) is 1.